The number of benzene rings is 1. The number of aryl methyl sites for hydroxylation is 2. The molecule has 0 saturated heterocycles. The van der Waals surface area contributed by atoms with Gasteiger partial charge < -0.3 is 5.32 Å². The minimum atomic E-state index is -0.0670. The number of amides is 1. The first kappa shape index (κ1) is 15.8. The zero-order valence-corrected chi connectivity index (χ0v) is 14.2. The standard InChI is InChI=1S/C19H25N3O/c1-4-11-22-15(3)17(13-20-22)18(23)21-19(9-10-19)12-16-8-6-5-7-14(16)2/h5-8,13H,4,9-12H2,1-3H3,(H,21,23). The maximum atomic E-state index is 12.6. The number of rotatable bonds is 6. The summed E-state index contributed by atoms with van der Waals surface area (Å²) in [5.74, 6) is 0.0101. The number of carbonyl (C=O) groups excluding carboxylic acids is 1. The lowest BCUT2D eigenvalue weighted by Gasteiger charge is -2.18. The summed E-state index contributed by atoms with van der Waals surface area (Å²) >= 11 is 0. The molecule has 23 heavy (non-hydrogen) atoms. The van der Waals surface area contributed by atoms with Crippen molar-refractivity contribution in [2.24, 2.45) is 0 Å². The van der Waals surface area contributed by atoms with Crippen molar-refractivity contribution in [2.75, 3.05) is 0 Å². The predicted octanol–water partition coefficient (Wildman–Crippen LogP) is 3.42. The Kier molecular flexibility index (Phi) is 4.24. The van der Waals surface area contributed by atoms with Crippen molar-refractivity contribution in [3.8, 4) is 0 Å². The van der Waals surface area contributed by atoms with Gasteiger partial charge in [0.25, 0.3) is 5.91 Å². The van der Waals surface area contributed by atoms with Gasteiger partial charge in [0.1, 0.15) is 0 Å². The van der Waals surface area contributed by atoms with Gasteiger partial charge in [0.05, 0.1) is 11.8 Å². The van der Waals surface area contributed by atoms with E-state index < -0.39 is 0 Å². The maximum absolute atomic E-state index is 12.6. The van der Waals surface area contributed by atoms with Gasteiger partial charge in [0, 0.05) is 17.8 Å². The van der Waals surface area contributed by atoms with E-state index in [9.17, 15) is 4.79 Å². The second kappa shape index (κ2) is 6.19. The van der Waals surface area contributed by atoms with Gasteiger partial charge in [-0.2, -0.15) is 5.10 Å². The highest BCUT2D eigenvalue weighted by molar-refractivity contribution is 5.95. The fourth-order valence-corrected chi connectivity index (χ4v) is 3.08. The molecule has 1 saturated carbocycles. The van der Waals surface area contributed by atoms with E-state index in [1.54, 1.807) is 6.20 Å². The molecule has 3 rings (SSSR count). The van der Waals surface area contributed by atoms with E-state index in [-0.39, 0.29) is 11.4 Å². The Labute approximate surface area is 137 Å². The minimum Gasteiger partial charge on any atom is -0.346 e. The number of nitrogens with one attached hydrogen (secondary N) is 1. The molecule has 1 N–H and O–H groups in total. The molecule has 1 aliphatic carbocycles. The molecule has 0 bridgehead atoms. The fraction of sp³-hybridized carbons (Fsp3) is 0.474. The van der Waals surface area contributed by atoms with Crippen molar-refractivity contribution < 1.29 is 4.79 Å². The molecule has 1 aliphatic rings. The zero-order chi connectivity index (χ0) is 16.4. The summed E-state index contributed by atoms with van der Waals surface area (Å²) in [6.07, 6.45) is 5.73. The third-order valence-corrected chi connectivity index (χ3v) is 4.81. The molecular weight excluding hydrogens is 286 g/mol. The molecule has 4 heteroatoms. The molecule has 2 aromatic rings. The van der Waals surface area contributed by atoms with Crippen molar-refractivity contribution in [1.82, 2.24) is 15.1 Å². The summed E-state index contributed by atoms with van der Waals surface area (Å²) < 4.78 is 1.91. The number of hydrogen-bond acceptors (Lipinski definition) is 2. The second-order valence-electron chi connectivity index (χ2n) is 6.70. The van der Waals surface area contributed by atoms with Gasteiger partial charge in [-0.05, 0) is 50.7 Å². The molecule has 0 atom stereocenters. The fourth-order valence-electron chi connectivity index (χ4n) is 3.08. The van der Waals surface area contributed by atoms with Gasteiger partial charge in [-0.1, -0.05) is 31.2 Å². The van der Waals surface area contributed by atoms with Gasteiger partial charge in [0.15, 0.2) is 0 Å². The molecule has 0 unspecified atom stereocenters. The molecule has 1 aromatic carbocycles. The van der Waals surface area contributed by atoms with Crippen LogP contribution in [0.1, 0.15) is 53.4 Å². The van der Waals surface area contributed by atoms with Crippen LogP contribution in [0.15, 0.2) is 30.5 Å². The Morgan fingerprint density at radius 3 is 2.70 bits per heavy atom. The minimum absolute atomic E-state index is 0.0101. The Morgan fingerprint density at radius 2 is 2.04 bits per heavy atom. The van der Waals surface area contributed by atoms with Crippen LogP contribution in [0.3, 0.4) is 0 Å². The van der Waals surface area contributed by atoms with Crippen molar-refractivity contribution in [3.63, 3.8) is 0 Å². The van der Waals surface area contributed by atoms with Crippen molar-refractivity contribution in [2.45, 2.75) is 58.5 Å². The summed E-state index contributed by atoms with van der Waals surface area (Å²) in [6.45, 7) is 7.07. The topological polar surface area (TPSA) is 46.9 Å². The molecule has 122 valence electrons. The summed E-state index contributed by atoms with van der Waals surface area (Å²) in [4.78, 5) is 12.6. The van der Waals surface area contributed by atoms with Crippen molar-refractivity contribution in [1.29, 1.82) is 0 Å². The third kappa shape index (κ3) is 3.31. The molecule has 1 aromatic heterocycles. The highest BCUT2D eigenvalue weighted by Gasteiger charge is 2.44. The van der Waals surface area contributed by atoms with Gasteiger partial charge in [-0.3, -0.25) is 9.48 Å². The van der Waals surface area contributed by atoms with E-state index in [4.69, 9.17) is 0 Å². The molecule has 1 fully saturated rings. The Morgan fingerprint density at radius 1 is 1.30 bits per heavy atom. The maximum Gasteiger partial charge on any atom is 0.255 e. The van der Waals surface area contributed by atoms with Crippen LogP contribution in [-0.2, 0) is 13.0 Å². The van der Waals surface area contributed by atoms with E-state index in [1.807, 2.05) is 11.6 Å². The van der Waals surface area contributed by atoms with E-state index in [0.29, 0.717) is 5.56 Å². The summed E-state index contributed by atoms with van der Waals surface area (Å²) in [6, 6.07) is 8.42. The Hall–Kier alpha value is -2.10. The quantitative estimate of drug-likeness (QED) is 0.888. The monoisotopic (exact) mass is 311 g/mol. The lowest BCUT2D eigenvalue weighted by Crippen LogP contribution is -2.38. The summed E-state index contributed by atoms with van der Waals surface area (Å²) in [5.41, 5.74) is 4.21. The average molecular weight is 311 g/mol. The Bertz CT molecular complexity index is 713. The highest BCUT2D eigenvalue weighted by atomic mass is 16.1. The van der Waals surface area contributed by atoms with Gasteiger partial charge in [0.2, 0.25) is 0 Å². The number of hydrogen-bond donors (Lipinski definition) is 1. The molecule has 0 spiro atoms. The average Bonchev–Trinajstić information content (AvgIpc) is 3.17. The summed E-state index contributed by atoms with van der Waals surface area (Å²) in [5, 5.41) is 7.59. The molecule has 1 heterocycles. The SMILES string of the molecule is CCCn1ncc(C(=O)NC2(Cc3ccccc3C)CC2)c1C. The largest absolute Gasteiger partial charge is 0.346 e. The molecular formula is C19H25N3O. The van der Waals surface area contributed by atoms with Crippen LogP contribution < -0.4 is 5.32 Å². The number of nitrogens with zero attached hydrogens (tertiary/aromatic N) is 2. The van der Waals surface area contributed by atoms with Gasteiger partial charge in [-0.15, -0.1) is 0 Å². The van der Waals surface area contributed by atoms with E-state index >= 15 is 0 Å². The molecule has 0 radical (unpaired) electrons. The molecule has 0 aliphatic heterocycles. The first-order valence-corrected chi connectivity index (χ1v) is 8.44. The van der Waals surface area contributed by atoms with Crippen LogP contribution in [0.4, 0.5) is 0 Å². The van der Waals surface area contributed by atoms with Crippen LogP contribution in [0.5, 0.6) is 0 Å². The van der Waals surface area contributed by atoms with E-state index in [0.717, 1.165) is 37.9 Å². The zero-order valence-electron chi connectivity index (χ0n) is 14.2. The van der Waals surface area contributed by atoms with E-state index in [2.05, 4.69) is 48.5 Å². The van der Waals surface area contributed by atoms with E-state index in [1.165, 1.54) is 11.1 Å². The van der Waals surface area contributed by atoms with Crippen LogP contribution in [0.2, 0.25) is 0 Å². The first-order chi connectivity index (χ1) is 11.0. The normalized spacial score (nSPS) is 15.4. The highest BCUT2D eigenvalue weighted by Crippen LogP contribution is 2.39. The third-order valence-electron chi connectivity index (χ3n) is 4.81. The molecule has 1 amide bonds. The van der Waals surface area contributed by atoms with Gasteiger partial charge >= 0.3 is 0 Å². The lowest BCUT2D eigenvalue weighted by atomic mass is 9.99. The first-order valence-electron chi connectivity index (χ1n) is 8.44. The van der Waals surface area contributed by atoms with Crippen LogP contribution in [0.25, 0.3) is 0 Å². The number of carbonyl (C=O) groups is 1. The molecule has 4 nitrogen and oxygen atoms in total. The number of aromatic nitrogens is 2. The van der Waals surface area contributed by atoms with Crippen LogP contribution in [0, 0.1) is 13.8 Å². The smallest absolute Gasteiger partial charge is 0.255 e. The van der Waals surface area contributed by atoms with Crippen LogP contribution >= 0.6 is 0 Å². The second-order valence-corrected chi connectivity index (χ2v) is 6.70. The summed E-state index contributed by atoms with van der Waals surface area (Å²) in [7, 11) is 0. The van der Waals surface area contributed by atoms with Crippen LogP contribution in [-0.4, -0.2) is 21.2 Å². The predicted molar refractivity (Wildman–Crippen MR) is 91.6 cm³/mol. The Balaban J connectivity index is 1.71. The van der Waals surface area contributed by atoms with Crippen molar-refractivity contribution >= 4 is 5.91 Å². The van der Waals surface area contributed by atoms with Gasteiger partial charge in [-0.25, -0.2) is 0 Å². The lowest BCUT2D eigenvalue weighted by molar-refractivity contribution is 0.0930. The van der Waals surface area contributed by atoms with Crippen molar-refractivity contribution in [3.05, 3.63) is 52.8 Å².